The Bertz CT molecular complexity index is 6440. The molecule has 17 rings (SSSR count). The Balaban J connectivity index is 0.000000145. The average Bonchev–Trinajstić information content (AvgIpc) is 0.817. The summed E-state index contributed by atoms with van der Waals surface area (Å²) < 4.78 is 12.1. The lowest BCUT2D eigenvalue weighted by Gasteiger charge is -2.16. The highest BCUT2D eigenvalue weighted by molar-refractivity contribution is 6.33. The minimum Gasteiger partial charge on any atom is -0.497 e. The number of nitrogens with one attached hydrogen (secondary N) is 5. The maximum Gasteiger partial charge on any atom is 0.259 e. The molecule has 0 unspecified atom stereocenters. The van der Waals surface area contributed by atoms with Crippen LogP contribution in [0.4, 0.5) is 28.4 Å². The zero-order valence-corrected chi connectivity index (χ0v) is 69.0. The van der Waals surface area contributed by atoms with Crippen LogP contribution >= 0.6 is 0 Å². The molecule has 0 radical (unpaired) electrons. The molecule has 5 aliphatic rings. The Hall–Kier alpha value is -15.7. The van der Waals surface area contributed by atoms with Crippen molar-refractivity contribution >= 4 is 104 Å². The Labute approximate surface area is 718 Å². The van der Waals surface area contributed by atoms with Gasteiger partial charge < -0.3 is 40.6 Å². The van der Waals surface area contributed by atoms with Crippen LogP contribution in [-0.4, -0.2) is 83.0 Å². The van der Waals surface area contributed by atoms with Gasteiger partial charge in [-0.2, -0.15) is 0 Å². The number of nitrogens with zero attached hydrogens (tertiary/aromatic N) is 1. The fraction of sp³-hybridized carbons (Fsp3) is 0.135. The number of aromatic nitrogens is 1. The molecule has 0 saturated heterocycles. The molecule has 0 fully saturated rings. The molecular weight excluding hydrogens is 1560 g/mol. The van der Waals surface area contributed by atoms with Crippen LogP contribution in [0.1, 0.15) is 127 Å². The lowest BCUT2D eigenvalue weighted by atomic mass is 9.90. The Morgan fingerprint density at radius 2 is 0.677 bits per heavy atom. The summed E-state index contributed by atoms with van der Waals surface area (Å²) in [6.07, 6.45) is 13.1. The number of ketones is 6. The van der Waals surface area contributed by atoms with Crippen LogP contribution in [0.5, 0.6) is 11.5 Å². The van der Waals surface area contributed by atoms with Crippen molar-refractivity contribution in [3.63, 3.8) is 0 Å². The highest BCUT2D eigenvalue weighted by Crippen LogP contribution is 2.30. The first-order chi connectivity index (χ1) is 59.4. The third kappa shape index (κ3) is 21.7. The van der Waals surface area contributed by atoms with Gasteiger partial charge in [-0.25, -0.2) is 0 Å². The van der Waals surface area contributed by atoms with E-state index in [4.69, 9.17) is 9.47 Å². The Morgan fingerprint density at radius 1 is 0.331 bits per heavy atom. The number of carbonyl (C=O) groups is 11. The van der Waals surface area contributed by atoms with E-state index in [9.17, 15) is 57.5 Å². The number of pyridine rings is 1. The van der Waals surface area contributed by atoms with Gasteiger partial charge in [-0.15, -0.1) is 0 Å². The molecule has 0 bridgehead atoms. The summed E-state index contributed by atoms with van der Waals surface area (Å²) in [6.45, 7) is 9.19. The number of fused-ring (bicyclic) bond motifs is 6. The first kappa shape index (κ1) is 89.1. The number of anilines is 5. The fourth-order valence-corrected chi connectivity index (χ4v) is 14.1. The van der Waals surface area contributed by atoms with Gasteiger partial charge in [0.15, 0.2) is 40.1 Å². The van der Waals surface area contributed by atoms with Gasteiger partial charge >= 0.3 is 0 Å². The largest absolute Gasteiger partial charge is 0.497 e. The number of hydrogen-bond donors (Lipinski definition) is 5. The van der Waals surface area contributed by atoms with E-state index in [1.165, 1.54) is 6.92 Å². The molecule has 11 aromatic carbocycles. The van der Waals surface area contributed by atoms with Crippen LogP contribution in [0.25, 0.3) is 10.9 Å². The first-order valence-electron chi connectivity index (χ1n) is 39.6. The van der Waals surface area contributed by atoms with Crippen LogP contribution in [0.2, 0.25) is 0 Å². The normalized spacial score (nSPS) is 12.8. The molecule has 12 aromatic rings. The van der Waals surface area contributed by atoms with Crippen molar-refractivity contribution in [2.45, 2.75) is 74.1 Å². The lowest BCUT2D eigenvalue weighted by Crippen LogP contribution is -2.24. The van der Waals surface area contributed by atoms with Crippen LogP contribution in [0.15, 0.2) is 330 Å². The van der Waals surface area contributed by atoms with E-state index in [2.05, 4.69) is 26.6 Å². The van der Waals surface area contributed by atoms with E-state index < -0.39 is 5.91 Å². The molecule has 124 heavy (non-hydrogen) atoms. The van der Waals surface area contributed by atoms with E-state index in [0.29, 0.717) is 99.6 Å². The summed E-state index contributed by atoms with van der Waals surface area (Å²) in [4.78, 5) is 147. The molecule has 1 aromatic heterocycles. The summed E-state index contributed by atoms with van der Waals surface area (Å²) in [7, 11) is 4.99. The van der Waals surface area contributed by atoms with Gasteiger partial charge in [-0.3, -0.25) is 57.5 Å². The first-order valence-corrected chi connectivity index (χ1v) is 39.6. The van der Waals surface area contributed by atoms with Crippen molar-refractivity contribution in [3.05, 3.63) is 419 Å². The zero-order valence-electron chi connectivity index (χ0n) is 69.0. The van der Waals surface area contributed by atoms with Gasteiger partial charge in [0.05, 0.1) is 53.2 Å². The predicted molar refractivity (Wildman–Crippen MR) is 486 cm³/mol. The second-order valence-corrected chi connectivity index (χ2v) is 29.3. The third-order valence-corrected chi connectivity index (χ3v) is 20.9. The number of Topliss-reactive ketones (excluding diaryl/α,β-unsaturated/α-hetero) is 6. The minimum atomic E-state index is -0.393. The Kier molecular flexibility index (Phi) is 29.7. The average molecular weight is 1650 g/mol. The fourth-order valence-electron chi connectivity index (χ4n) is 14.1. The van der Waals surface area contributed by atoms with Crippen molar-refractivity contribution in [1.29, 1.82) is 0 Å². The van der Waals surface area contributed by atoms with Gasteiger partial charge in [-0.1, -0.05) is 225 Å². The SMILES string of the molecule is C.CC(=O)c1cn(C)c2ccccc2c1=O.COc1cc(NC(=O)C2=CCc3ccccc3C2=O)ccc1C.COc1ccc(NC(=O)C2=CCc3ccccc3C2=O)cc1.Cc1ccc(NC(=O)C2=CCc3ccccc3C2=O)cc1.Cc1cccc(NC(=O)C2=CCc3ccccc3C2=O)c1.Cc1ccccc1NC(=O)C1=CCc2ccccc2C1=O. The monoisotopic (exact) mass is 1650 g/mol. The minimum absolute atomic E-state index is 0. The highest BCUT2D eigenvalue weighted by Gasteiger charge is 2.31. The van der Waals surface area contributed by atoms with Crippen LogP contribution < -0.4 is 41.5 Å². The molecule has 5 aliphatic carbocycles. The van der Waals surface area contributed by atoms with Crippen molar-refractivity contribution in [2.24, 2.45) is 7.05 Å². The summed E-state index contributed by atoms with van der Waals surface area (Å²) in [5.41, 5.74) is 17.3. The Morgan fingerprint density at radius 3 is 1.06 bits per heavy atom. The van der Waals surface area contributed by atoms with Crippen LogP contribution in [0, 0.1) is 27.7 Å². The molecule has 0 atom stereocenters. The van der Waals surface area contributed by atoms with Crippen molar-refractivity contribution in [1.82, 2.24) is 4.57 Å². The number of para-hydroxylation sites is 2. The molecule has 5 N–H and O–H groups in total. The third-order valence-electron chi connectivity index (χ3n) is 20.9. The second kappa shape index (κ2) is 41.3. The molecule has 622 valence electrons. The van der Waals surface area contributed by atoms with E-state index in [1.807, 2.05) is 211 Å². The van der Waals surface area contributed by atoms with E-state index in [-0.39, 0.29) is 105 Å². The summed E-state index contributed by atoms with van der Waals surface area (Å²) in [5.74, 6) is -1.69. The van der Waals surface area contributed by atoms with Gasteiger partial charge in [-0.05, 0) is 184 Å². The number of allylic oxidation sites excluding steroid dienone is 5. The molecule has 0 aliphatic heterocycles. The standard InChI is InChI=1S/C19H17NO3.C18H15NO3.3C18H15NO2.C12H11NO2.CH4/c1-12-7-9-14(11-17(12)23-2)20-19(22)16-10-8-13-5-3-4-6-15(13)18(16)21;1-22-14-9-7-13(8-10-14)19-18(21)16-11-6-12-4-2-3-5-15(12)17(16)20;1-12-6-2-5-9-16(12)19-18(21)15-11-10-13-7-3-4-8-14(13)17(15)20;1-12-5-4-7-14(11-12)19-18(21)16-10-9-13-6-2-3-8-15(13)17(16)20;1-12-6-9-14(10-7-12)19-18(21)16-11-8-13-4-2-3-5-15(13)17(16)20;1-8(14)10-7-13(2)11-6-4-3-5-9(11)12(10)15;/h3-7,9-11H,8H2,1-2H3,(H,20,22);2-5,7-11H,6H2,1H3,(H,19,21);2-9,11H,10H2,1H3,(H,19,21);2-8,10-11H,9H2,1H3,(H,19,21);2-7,9-11H,8H2,1H3,(H,19,21);3-7H,1-2H3;1H4. The van der Waals surface area contributed by atoms with Gasteiger partial charge in [0, 0.05) is 81.0 Å². The number of methoxy groups -OCH3 is 2. The molecule has 5 amide bonds. The van der Waals surface area contributed by atoms with Crippen LogP contribution in [0.3, 0.4) is 0 Å². The smallest absolute Gasteiger partial charge is 0.259 e. The maximum absolute atomic E-state index is 12.5. The molecule has 0 spiro atoms. The lowest BCUT2D eigenvalue weighted by molar-refractivity contribution is -0.113. The number of ether oxygens (including phenoxy) is 2. The number of benzene rings is 11. The van der Waals surface area contributed by atoms with Crippen molar-refractivity contribution < 1.29 is 62.2 Å². The van der Waals surface area contributed by atoms with Gasteiger partial charge in [0.25, 0.3) is 29.5 Å². The molecular formula is C104H92N6O14. The second-order valence-electron chi connectivity index (χ2n) is 29.3. The predicted octanol–water partition coefficient (Wildman–Crippen LogP) is 18.6. The summed E-state index contributed by atoms with van der Waals surface area (Å²) in [6, 6.07) is 79.1. The van der Waals surface area contributed by atoms with Crippen LogP contribution in [-0.2, 0) is 63.1 Å². The maximum atomic E-state index is 12.5. The highest BCUT2D eigenvalue weighted by atomic mass is 16.5. The molecule has 1 heterocycles. The number of hydrogen-bond acceptors (Lipinski definition) is 14. The van der Waals surface area contributed by atoms with Gasteiger partial charge in [0.1, 0.15) is 11.5 Å². The topological polar surface area (TPSA) is 288 Å². The van der Waals surface area contributed by atoms with E-state index >= 15 is 0 Å². The summed E-state index contributed by atoms with van der Waals surface area (Å²) >= 11 is 0. The van der Waals surface area contributed by atoms with E-state index in [0.717, 1.165) is 61.3 Å². The molecule has 20 nitrogen and oxygen atoms in total. The molecule has 0 saturated carbocycles. The number of amides is 5. The molecule has 20 heteroatoms. The van der Waals surface area contributed by atoms with Gasteiger partial charge in [0.2, 0.25) is 0 Å². The quantitative estimate of drug-likeness (QED) is 0.0530. The summed E-state index contributed by atoms with van der Waals surface area (Å²) in [5, 5.41) is 14.5. The number of rotatable bonds is 13. The van der Waals surface area contributed by atoms with Crippen molar-refractivity contribution in [2.75, 3.05) is 40.8 Å². The van der Waals surface area contributed by atoms with E-state index in [1.54, 1.807) is 140 Å². The zero-order chi connectivity index (χ0) is 87.4. The number of aryl methyl sites for hydroxylation is 5. The number of carbonyl (C=O) groups excluding carboxylic acids is 11. The van der Waals surface area contributed by atoms with Crippen molar-refractivity contribution in [3.8, 4) is 11.5 Å².